The monoisotopic (exact) mass is 292 g/mol. The number of thiocarbonyl (C=S) groups is 1. The highest BCUT2D eigenvalue weighted by Gasteiger charge is 2.18. The normalized spacial score (nSPS) is 15.1. The number of nitrogens with two attached hydrogens (primary N) is 1. The van der Waals surface area contributed by atoms with E-state index in [4.69, 9.17) is 22.7 Å². The second-order valence-corrected chi connectivity index (χ2v) is 6.09. The van der Waals surface area contributed by atoms with Gasteiger partial charge in [-0.1, -0.05) is 30.8 Å². The van der Waals surface area contributed by atoms with Crippen LogP contribution in [0.2, 0.25) is 0 Å². The van der Waals surface area contributed by atoms with Crippen molar-refractivity contribution in [3.63, 3.8) is 0 Å². The molecule has 1 aromatic carbocycles. The van der Waals surface area contributed by atoms with Crippen LogP contribution in [-0.4, -0.2) is 36.6 Å². The highest BCUT2D eigenvalue weighted by molar-refractivity contribution is 7.80. The lowest BCUT2D eigenvalue weighted by Crippen LogP contribution is -2.30. The molecule has 2 rings (SSSR count). The third kappa shape index (κ3) is 4.76. The van der Waals surface area contributed by atoms with Crippen LogP contribution in [0.4, 0.5) is 0 Å². The lowest BCUT2D eigenvalue weighted by molar-refractivity contribution is 0.192. The Morgan fingerprint density at radius 3 is 2.90 bits per heavy atom. The first kappa shape index (κ1) is 15.3. The number of nitrogens with zero attached hydrogens (tertiary/aromatic N) is 1. The molecule has 1 aliphatic carbocycles. The zero-order chi connectivity index (χ0) is 14.4. The van der Waals surface area contributed by atoms with Crippen molar-refractivity contribution in [1.82, 2.24) is 4.90 Å². The minimum absolute atomic E-state index is 0.413. The summed E-state index contributed by atoms with van der Waals surface area (Å²) in [5, 5.41) is 0. The van der Waals surface area contributed by atoms with E-state index in [0.717, 1.165) is 36.8 Å². The minimum atomic E-state index is 0.413. The summed E-state index contributed by atoms with van der Waals surface area (Å²) >= 11 is 4.96. The summed E-state index contributed by atoms with van der Waals surface area (Å²) in [6.07, 6.45) is 5.28. The second-order valence-electron chi connectivity index (χ2n) is 5.65. The summed E-state index contributed by atoms with van der Waals surface area (Å²) in [7, 11) is 2.20. The lowest BCUT2D eigenvalue weighted by Gasteiger charge is -2.30. The number of hydrogen-bond donors (Lipinski definition) is 1. The highest BCUT2D eigenvalue weighted by atomic mass is 32.1. The molecule has 0 atom stereocenters. The van der Waals surface area contributed by atoms with E-state index in [0.29, 0.717) is 4.99 Å². The molecule has 0 spiro atoms. The van der Waals surface area contributed by atoms with Gasteiger partial charge in [0, 0.05) is 18.7 Å². The van der Waals surface area contributed by atoms with E-state index in [1.54, 1.807) is 0 Å². The number of ether oxygens (including phenoxy) is 1. The Bertz CT molecular complexity index is 446. The van der Waals surface area contributed by atoms with Crippen molar-refractivity contribution >= 4 is 17.2 Å². The summed E-state index contributed by atoms with van der Waals surface area (Å²) in [4.78, 5) is 2.83. The Labute approximate surface area is 127 Å². The van der Waals surface area contributed by atoms with Crippen molar-refractivity contribution < 1.29 is 4.74 Å². The molecule has 0 amide bonds. The Hall–Kier alpha value is -1.13. The van der Waals surface area contributed by atoms with Gasteiger partial charge in [-0.25, -0.2) is 0 Å². The van der Waals surface area contributed by atoms with Crippen LogP contribution >= 0.6 is 12.2 Å². The molecule has 0 aromatic heterocycles. The summed E-state index contributed by atoms with van der Waals surface area (Å²) in [5.41, 5.74) is 6.47. The van der Waals surface area contributed by atoms with Crippen LogP contribution in [0.25, 0.3) is 0 Å². The molecule has 1 saturated carbocycles. The first-order valence-corrected chi connectivity index (χ1v) is 7.77. The first-order chi connectivity index (χ1) is 9.65. The molecule has 2 N–H and O–H groups in total. The maximum Gasteiger partial charge on any atom is 0.119 e. The standard InChI is InChI=1S/C16H24N2OS/c1-18(12-13-5-2-6-13)9-4-10-19-15-8-3-7-14(11-15)16(17)20/h3,7-8,11,13H,2,4-6,9-10,12H2,1H3,(H2,17,20). The van der Waals surface area contributed by atoms with Crippen LogP contribution in [0, 0.1) is 5.92 Å². The smallest absolute Gasteiger partial charge is 0.119 e. The van der Waals surface area contributed by atoms with Gasteiger partial charge in [-0.05, 0) is 44.4 Å². The van der Waals surface area contributed by atoms with Gasteiger partial charge < -0.3 is 15.4 Å². The second kappa shape index (κ2) is 7.60. The van der Waals surface area contributed by atoms with Crippen LogP contribution in [0.5, 0.6) is 5.75 Å². The number of hydrogen-bond acceptors (Lipinski definition) is 3. The van der Waals surface area contributed by atoms with Crippen molar-refractivity contribution in [1.29, 1.82) is 0 Å². The topological polar surface area (TPSA) is 38.5 Å². The molecule has 0 unspecified atom stereocenters. The summed E-state index contributed by atoms with van der Waals surface area (Å²) in [5.74, 6) is 1.78. The van der Waals surface area contributed by atoms with Crippen LogP contribution < -0.4 is 10.5 Å². The molecule has 3 nitrogen and oxygen atoms in total. The van der Waals surface area contributed by atoms with Gasteiger partial charge in [0.15, 0.2) is 0 Å². The quantitative estimate of drug-likeness (QED) is 0.591. The molecule has 110 valence electrons. The van der Waals surface area contributed by atoms with Gasteiger partial charge in [0.1, 0.15) is 10.7 Å². The van der Waals surface area contributed by atoms with Gasteiger partial charge in [0.2, 0.25) is 0 Å². The van der Waals surface area contributed by atoms with Crippen molar-refractivity contribution in [3.05, 3.63) is 29.8 Å². The van der Waals surface area contributed by atoms with E-state index in [-0.39, 0.29) is 0 Å². The molecule has 0 heterocycles. The third-order valence-electron chi connectivity index (χ3n) is 3.87. The molecular formula is C16H24N2OS. The fourth-order valence-electron chi connectivity index (χ4n) is 2.47. The Morgan fingerprint density at radius 2 is 2.25 bits per heavy atom. The average Bonchev–Trinajstić information content (AvgIpc) is 2.39. The molecule has 0 bridgehead atoms. The molecule has 0 radical (unpaired) electrons. The first-order valence-electron chi connectivity index (χ1n) is 7.36. The number of rotatable bonds is 8. The van der Waals surface area contributed by atoms with Crippen molar-refractivity contribution in [2.75, 3.05) is 26.7 Å². The molecule has 1 aromatic rings. The molecule has 0 aliphatic heterocycles. The van der Waals surface area contributed by atoms with Gasteiger partial charge in [-0.15, -0.1) is 0 Å². The fourth-order valence-corrected chi connectivity index (χ4v) is 2.60. The van der Waals surface area contributed by atoms with Crippen LogP contribution in [0.3, 0.4) is 0 Å². The van der Waals surface area contributed by atoms with E-state index >= 15 is 0 Å². The third-order valence-corrected chi connectivity index (χ3v) is 4.10. The molecule has 0 saturated heterocycles. The highest BCUT2D eigenvalue weighted by Crippen LogP contribution is 2.26. The molecular weight excluding hydrogens is 268 g/mol. The largest absolute Gasteiger partial charge is 0.494 e. The van der Waals surface area contributed by atoms with E-state index in [1.165, 1.54) is 25.8 Å². The molecule has 20 heavy (non-hydrogen) atoms. The zero-order valence-corrected chi connectivity index (χ0v) is 13.0. The molecule has 1 aliphatic rings. The Morgan fingerprint density at radius 1 is 1.45 bits per heavy atom. The maximum atomic E-state index is 5.75. The average molecular weight is 292 g/mol. The van der Waals surface area contributed by atoms with Crippen LogP contribution in [-0.2, 0) is 0 Å². The predicted octanol–water partition coefficient (Wildman–Crippen LogP) is 2.82. The Kier molecular flexibility index (Phi) is 5.80. The minimum Gasteiger partial charge on any atom is -0.494 e. The van der Waals surface area contributed by atoms with Gasteiger partial charge in [0.25, 0.3) is 0 Å². The van der Waals surface area contributed by atoms with Gasteiger partial charge in [-0.2, -0.15) is 0 Å². The molecule has 1 fully saturated rings. The van der Waals surface area contributed by atoms with E-state index in [9.17, 15) is 0 Å². The van der Waals surface area contributed by atoms with E-state index in [1.807, 2.05) is 24.3 Å². The fraction of sp³-hybridized carbons (Fsp3) is 0.562. The van der Waals surface area contributed by atoms with E-state index in [2.05, 4.69) is 11.9 Å². The van der Waals surface area contributed by atoms with Crippen molar-refractivity contribution in [2.45, 2.75) is 25.7 Å². The predicted molar refractivity (Wildman–Crippen MR) is 87.3 cm³/mol. The van der Waals surface area contributed by atoms with Crippen molar-refractivity contribution in [3.8, 4) is 5.75 Å². The SMILES string of the molecule is CN(CCCOc1cccc(C(N)=S)c1)CC1CCC1. The summed E-state index contributed by atoms with van der Waals surface area (Å²) in [6, 6.07) is 7.67. The van der Waals surface area contributed by atoms with Crippen molar-refractivity contribution in [2.24, 2.45) is 11.7 Å². The zero-order valence-electron chi connectivity index (χ0n) is 12.2. The van der Waals surface area contributed by atoms with Crippen LogP contribution in [0.1, 0.15) is 31.2 Å². The van der Waals surface area contributed by atoms with Crippen LogP contribution in [0.15, 0.2) is 24.3 Å². The maximum absolute atomic E-state index is 5.75. The van der Waals surface area contributed by atoms with Gasteiger partial charge in [0.05, 0.1) is 6.61 Å². The Balaban J connectivity index is 1.64. The summed E-state index contributed by atoms with van der Waals surface area (Å²) in [6.45, 7) is 3.05. The van der Waals surface area contributed by atoms with Gasteiger partial charge in [-0.3, -0.25) is 0 Å². The summed E-state index contributed by atoms with van der Waals surface area (Å²) < 4.78 is 5.75. The van der Waals surface area contributed by atoms with Gasteiger partial charge >= 0.3 is 0 Å². The van der Waals surface area contributed by atoms with E-state index < -0.39 is 0 Å². The lowest BCUT2D eigenvalue weighted by atomic mass is 9.85. The molecule has 4 heteroatoms. The number of benzene rings is 1.